The lowest BCUT2D eigenvalue weighted by Crippen LogP contribution is -2.41. The highest BCUT2D eigenvalue weighted by Crippen LogP contribution is 2.29. The van der Waals surface area contributed by atoms with E-state index in [1.165, 1.54) is 7.05 Å². The Hall–Kier alpha value is -6.29. The second kappa shape index (κ2) is 23.1. The molecule has 0 saturated carbocycles. The van der Waals surface area contributed by atoms with Gasteiger partial charge < -0.3 is 25.8 Å². The Labute approximate surface area is 366 Å². The number of benzene rings is 2. The molecule has 4 rings (SSSR count). The van der Waals surface area contributed by atoms with Crippen LogP contribution in [0.1, 0.15) is 25.2 Å². The van der Waals surface area contributed by atoms with Crippen LogP contribution in [0.25, 0.3) is 17.2 Å². The van der Waals surface area contributed by atoms with E-state index in [1.807, 2.05) is 5.73 Å². The molecule has 0 fully saturated rings. The first-order valence-corrected chi connectivity index (χ1v) is 18.5. The van der Waals surface area contributed by atoms with Gasteiger partial charge in [0.2, 0.25) is 0 Å². The van der Waals surface area contributed by atoms with Crippen molar-refractivity contribution in [1.82, 2.24) is 23.6 Å². The number of hydrogen-bond acceptors (Lipinski definition) is 12. The largest absolute Gasteiger partial charge is 0.465 e. The van der Waals surface area contributed by atoms with E-state index in [-0.39, 0.29) is 78.8 Å². The van der Waals surface area contributed by atoms with Crippen molar-refractivity contribution in [3.8, 4) is 11.4 Å². The number of nitrogen functional groups attached to an aromatic ring is 1. The van der Waals surface area contributed by atoms with Gasteiger partial charge in [0.1, 0.15) is 30.4 Å². The maximum atomic E-state index is 14.5. The van der Waals surface area contributed by atoms with Gasteiger partial charge in [0.15, 0.2) is 10.9 Å². The number of hydrogen-bond donors (Lipinski definition) is 3. The number of alkyl halides is 3. The molecule has 4 N–H and O–H groups in total. The maximum Gasteiger partial charge on any atom is 0.431 e. The number of carbonyl (C=O) groups is 2. The van der Waals surface area contributed by atoms with Gasteiger partial charge in [-0.2, -0.15) is 17.6 Å². The minimum atomic E-state index is -4.96. The third-order valence-electron chi connectivity index (χ3n) is 7.42. The zero-order valence-corrected chi connectivity index (χ0v) is 35.6. The van der Waals surface area contributed by atoms with E-state index < -0.39 is 63.5 Å². The zero-order valence-electron chi connectivity index (χ0n) is 32.4. The first-order chi connectivity index (χ1) is 28.9. The Kier molecular flexibility index (Phi) is 19.3. The molecule has 0 saturated heterocycles. The molecule has 16 nitrogen and oxygen atoms in total. The van der Waals surface area contributed by atoms with Crippen molar-refractivity contribution in [2.75, 3.05) is 37.4 Å². The van der Waals surface area contributed by atoms with E-state index >= 15 is 0 Å². The summed E-state index contributed by atoms with van der Waals surface area (Å²) in [7, 11) is 2.02. The Morgan fingerprint density at radius 3 is 1.92 bits per heavy atom. The van der Waals surface area contributed by atoms with Crippen molar-refractivity contribution >= 4 is 87.1 Å². The number of halogens is 8. The molecule has 2 aromatic carbocycles. The first-order valence-electron chi connectivity index (χ1n) is 16.9. The van der Waals surface area contributed by atoms with Gasteiger partial charge >= 0.3 is 29.5 Å². The number of nitrogens with two attached hydrogens (primary N) is 1. The predicted octanol–water partition coefficient (Wildman–Crippen LogP) is 4.86. The maximum absolute atomic E-state index is 14.5. The summed E-state index contributed by atoms with van der Waals surface area (Å²) in [5.74, 6) is -3.99. The zero-order chi connectivity index (χ0) is 47.2. The monoisotopic (exact) mass is 952 g/mol. The van der Waals surface area contributed by atoms with E-state index in [2.05, 4.69) is 44.3 Å². The second-order valence-corrected chi connectivity index (χ2v) is 12.9. The van der Waals surface area contributed by atoms with Crippen LogP contribution in [-0.2, 0) is 39.3 Å². The molecule has 0 aliphatic carbocycles. The van der Waals surface area contributed by atoms with Gasteiger partial charge in [0.05, 0.1) is 56.9 Å². The molecule has 0 aliphatic heterocycles. The van der Waals surface area contributed by atoms with E-state index in [9.17, 15) is 55.1 Å². The van der Waals surface area contributed by atoms with E-state index in [0.29, 0.717) is 11.2 Å². The molecule has 332 valence electrons. The fourth-order valence-corrected chi connectivity index (χ4v) is 5.23. The Morgan fingerprint density at radius 1 is 0.871 bits per heavy atom. The van der Waals surface area contributed by atoms with Crippen LogP contribution in [0.3, 0.4) is 0 Å². The molecule has 2 heterocycles. The highest BCUT2D eigenvalue weighted by molar-refractivity contribution is 7.80. The fraction of sp³-hybridized carbons (Fsp3) is 0.250. The Morgan fingerprint density at radius 2 is 1.39 bits per heavy atom. The normalized spacial score (nSPS) is 10.4. The highest BCUT2D eigenvalue weighted by Gasteiger charge is 2.35. The molecular formula is C36H32Cl2F6N8O8S2. The van der Waals surface area contributed by atoms with Gasteiger partial charge in [0, 0.05) is 26.2 Å². The lowest BCUT2D eigenvalue weighted by Gasteiger charge is -2.16. The van der Waals surface area contributed by atoms with Crippen LogP contribution in [0.4, 0.5) is 37.7 Å². The summed E-state index contributed by atoms with van der Waals surface area (Å²) in [5, 5.41) is 6.73. The molecule has 26 heteroatoms. The van der Waals surface area contributed by atoms with Crippen LogP contribution in [0, 0.1) is 11.6 Å². The number of aromatic nitrogens is 4. The molecule has 0 unspecified atom stereocenters. The lowest BCUT2D eigenvalue weighted by molar-refractivity contribution is -0.144. The molecule has 4 aromatic rings. The highest BCUT2D eigenvalue weighted by atomic mass is 35.5. The summed E-state index contributed by atoms with van der Waals surface area (Å²) in [6, 6.07) is 4.62. The quantitative estimate of drug-likeness (QED) is 0.0487. The topological polar surface area (TPSA) is 203 Å². The van der Waals surface area contributed by atoms with Crippen molar-refractivity contribution in [3.63, 3.8) is 0 Å². The molecule has 0 atom stereocenters. The van der Waals surface area contributed by atoms with Gasteiger partial charge in [-0.05, 0) is 62.5 Å². The standard InChI is InChI=1S/C17H15ClF4N4O4S.C14H10ClF2N3O2.C5H7NO2S/c1-3-30-14(28)7-23-15(31)24-10-5-11(9(19)4-8(10)18)26-13(27)6-12(17(20,21)22)25(2)16(26)29;1-3-8(16)11-6-13(21)20(14(22)19(11)2)12-5-10(18)7(15)4-9(12)17;1-2-8-5(7)3-6-4-9/h4-6H,3,7H2,1-2H3,(H2,23,24,31);4-6H,1,18H2,2H3;2-3H2,1H3. The minimum absolute atomic E-state index is 0.00624. The minimum Gasteiger partial charge on any atom is -0.465 e. The number of nitrogens with one attached hydrogen (secondary N) is 2. The lowest BCUT2D eigenvalue weighted by atomic mass is 10.2. The third kappa shape index (κ3) is 13.6. The van der Waals surface area contributed by atoms with Crippen molar-refractivity contribution in [2.24, 2.45) is 19.1 Å². The van der Waals surface area contributed by atoms with E-state index in [4.69, 9.17) is 45.9 Å². The van der Waals surface area contributed by atoms with Gasteiger partial charge in [-0.25, -0.2) is 32.5 Å². The molecular weight excluding hydrogens is 921 g/mol. The van der Waals surface area contributed by atoms with Gasteiger partial charge in [-0.1, -0.05) is 35.5 Å². The molecule has 0 amide bonds. The van der Waals surface area contributed by atoms with Gasteiger partial charge in [-0.15, -0.1) is 0 Å². The number of carbonyl (C=O) groups excluding carboxylic acids is 2. The summed E-state index contributed by atoms with van der Waals surface area (Å²) in [5.41, 5.74) is -0.107. The number of esters is 2. The molecule has 2 aromatic heterocycles. The number of aliphatic imine (C=N–C) groups is 1. The summed E-state index contributed by atoms with van der Waals surface area (Å²) < 4.78 is 92.0. The SMILES string of the molecule is C=C=C(F)c1cc(=O)n(-c2cc(N)c(Cl)cc2F)c(=O)n1C.CCOC(=O)CN=C=S.CCOC(=O)CNC(=S)Nc1cc(-n2c(=O)cc(C(F)(F)F)n(C)c2=O)c(F)cc1Cl. The summed E-state index contributed by atoms with van der Waals surface area (Å²) >= 11 is 20.8. The average molecular weight is 954 g/mol. The molecule has 62 heavy (non-hydrogen) atoms. The smallest absolute Gasteiger partial charge is 0.431 e. The van der Waals surface area contributed by atoms with Crippen molar-refractivity contribution in [1.29, 1.82) is 0 Å². The van der Waals surface area contributed by atoms with Crippen molar-refractivity contribution in [2.45, 2.75) is 20.0 Å². The summed E-state index contributed by atoms with van der Waals surface area (Å²) in [6.45, 7) is 6.68. The van der Waals surface area contributed by atoms with Gasteiger partial charge in [0.25, 0.3) is 11.1 Å². The second-order valence-electron chi connectivity index (χ2n) is 11.5. The number of rotatable bonds is 10. The first kappa shape index (κ1) is 51.8. The van der Waals surface area contributed by atoms with E-state index in [0.717, 1.165) is 41.9 Å². The summed E-state index contributed by atoms with van der Waals surface area (Å²) in [4.78, 5) is 74.0. The van der Waals surface area contributed by atoms with Gasteiger partial charge in [-0.3, -0.25) is 28.3 Å². The average Bonchev–Trinajstić information content (AvgIpc) is 3.19. The van der Waals surface area contributed by atoms with Crippen molar-refractivity contribution < 1.29 is 45.4 Å². The van der Waals surface area contributed by atoms with E-state index in [1.54, 1.807) is 13.8 Å². The Bertz CT molecular complexity index is 2730. The fourth-order valence-electron chi connectivity index (χ4n) is 4.63. The van der Waals surface area contributed by atoms with Crippen LogP contribution in [0.5, 0.6) is 0 Å². The van der Waals surface area contributed by atoms with Crippen LogP contribution >= 0.6 is 47.6 Å². The molecule has 0 bridgehead atoms. The third-order valence-corrected chi connectivity index (χ3v) is 8.44. The van der Waals surface area contributed by atoms with Crippen molar-refractivity contribution in [3.05, 3.63) is 123 Å². The van der Waals surface area contributed by atoms with Crippen LogP contribution in [0.15, 0.2) is 72.9 Å². The predicted molar refractivity (Wildman–Crippen MR) is 225 cm³/mol. The summed E-state index contributed by atoms with van der Waals surface area (Å²) in [6.07, 6.45) is -4.96. The number of nitrogens with zero attached hydrogens (tertiary/aromatic N) is 5. The molecule has 0 radical (unpaired) electrons. The number of thiocarbonyl (C=S) groups is 2. The molecule has 0 spiro atoms. The number of ether oxygens (including phenoxy) is 2. The number of isothiocyanates is 1. The van der Waals surface area contributed by atoms with Crippen LogP contribution < -0.4 is 38.9 Å². The van der Waals surface area contributed by atoms with Crippen LogP contribution in [-0.4, -0.2) is 66.8 Å². The number of anilines is 2. The Balaban J connectivity index is 0.000000369. The van der Waals surface area contributed by atoms with Crippen LogP contribution in [0.2, 0.25) is 10.0 Å². The molecule has 0 aliphatic rings.